The molecule has 0 bridgehead atoms. The van der Waals surface area contributed by atoms with E-state index in [-0.39, 0.29) is 0 Å². The van der Waals surface area contributed by atoms with Gasteiger partial charge in [0, 0.05) is 0 Å². The van der Waals surface area contributed by atoms with Gasteiger partial charge < -0.3 is 0 Å². The lowest BCUT2D eigenvalue weighted by Crippen LogP contribution is -2.21. The normalized spacial score (nSPS) is 13.5. The Hall–Kier alpha value is -1.11. The van der Waals surface area contributed by atoms with Gasteiger partial charge in [-0.25, -0.2) is 0 Å². The van der Waals surface area contributed by atoms with Crippen LogP contribution in [0, 0.1) is 0 Å². The molecule has 1 aromatic rings. The molecule has 0 aromatic heterocycles. The van der Waals surface area contributed by atoms with E-state index in [1.54, 1.807) is 0 Å². The van der Waals surface area contributed by atoms with Crippen molar-refractivity contribution in [3.63, 3.8) is 0 Å². The first kappa shape index (κ1) is 6.59. The van der Waals surface area contributed by atoms with Crippen molar-refractivity contribution >= 4 is 6.08 Å². The first-order chi connectivity index (χ1) is 5.40. The van der Waals surface area contributed by atoms with E-state index < -0.39 is 0 Å². The van der Waals surface area contributed by atoms with E-state index in [2.05, 4.69) is 36.2 Å². The Morgan fingerprint density at radius 3 is 3.18 bits per heavy atom. The van der Waals surface area contributed by atoms with Gasteiger partial charge in [0.1, 0.15) is 0 Å². The molecule has 0 amide bonds. The van der Waals surface area contributed by atoms with Crippen molar-refractivity contribution in [1.29, 1.82) is 0 Å². The van der Waals surface area contributed by atoms with E-state index in [9.17, 15) is 0 Å². The van der Waals surface area contributed by atoms with Crippen LogP contribution in [0.1, 0.15) is 12.5 Å². The molecule has 1 nitrogen and oxygen atoms in total. The molecule has 0 spiro atoms. The predicted molar refractivity (Wildman–Crippen MR) is 45.9 cm³/mol. The zero-order valence-corrected chi connectivity index (χ0v) is 6.67. The third kappa shape index (κ3) is 1.07. The molecule has 0 fully saturated rings. The number of fused-ring (bicyclic) bond motifs is 1. The Morgan fingerprint density at radius 1 is 1.45 bits per heavy atom. The minimum atomic E-state index is 0.864. The lowest BCUT2D eigenvalue weighted by molar-refractivity contribution is 1.12. The first-order valence-corrected chi connectivity index (χ1v) is 4.04. The smallest absolute Gasteiger partial charge is 0.0648 e. The van der Waals surface area contributed by atoms with Crippen LogP contribution < -0.4 is 10.6 Å². The Balaban J connectivity index is 2.69. The Labute approximate surface area is 66.1 Å². The Bertz CT molecular complexity index is 376. The van der Waals surface area contributed by atoms with Gasteiger partial charge in [-0.05, 0) is 29.3 Å². The van der Waals surface area contributed by atoms with E-state index in [1.165, 1.54) is 10.8 Å². The highest BCUT2D eigenvalue weighted by molar-refractivity contribution is 5.31. The van der Waals surface area contributed by atoms with Gasteiger partial charge in [-0.3, -0.25) is 4.99 Å². The van der Waals surface area contributed by atoms with Gasteiger partial charge in [0.2, 0.25) is 0 Å². The molecule has 11 heavy (non-hydrogen) atoms. The molecule has 0 unspecified atom stereocenters. The fourth-order valence-electron chi connectivity index (χ4n) is 1.37. The quantitative estimate of drug-likeness (QED) is 0.550. The van der Waals surface area contributed by atoms with Crippen molar-refractivity contribution in [2.45, 2.75) is 13.3 Å². The molecule has 1 aliphatic rings. The summed E-state index contributed by atoms with van der Waals surface area (Å²) >= 11 is 0. The molecule has 1 heterocycles. The molecule has 1 aromatic carbocycles. The van der Waals surface area contributed by atoms with Gasteiger partial charge in [0.25, 0.3) is 0 Å². The molecule has 0 radical (unpaired) electrons. The second-order valence-electron chi connectivity index (χ2n) is 2.79. The van der Waals surface area contributed by atoms with Gasteiger partial charge >= 0.3 is 0 Å². The molecule has 0 saturated heterocycles. The largest absolute Gasteiger partial charge is 0.281 e. The van der Waals surface area contributed by atoms with Crippen molar-refractivity contribution in [1.82, 2.24) is 0 Å². The molecule has 1 heteroatoms. The number of nitrogens with zero attached hydrogens (tertiary/aromatic N) is 1. The van der Waals surface area contributed by atoms with Crippen LogP contribution in [0.3, 0.4) is 0 Å². The molecule has 0 N–H and O–H groups in total. The van der Waals surface area contributed by atoms with Crippen LogP contribution in [-0.2, 0) is 6.42 Å². The minimum absolute atomic E-state index is 0.864. The summed E-state index contributed by atoms with van der Waals surface area (Å²) in [5.41, 5.74) is 1.40. The Morgan fingerprint density at radius 2 is 2.36 bits per heavy atom. The number of hydrogen-bond donors (Lipinski definition) is 0. The third-order valence-electron chi connectivity index (χ3n) is 2.07. The lowest BCUT2D eigenvalue weighted by atomic mass is 10.1. The summed E-state index contributed by atoms with van der Waals surface area (Å²) < 4.78 is 0. The molecule has 56 valence electrons. The second kappa shape index (κ2) is 2.50. The summed E-state index contributed by atoms with van der Waals surface area (Å²) in [5.74, 6) is 0. The van der Waals surface area contributed by atoms with Gasteiger partial charge in [-0.15, -0.1) is 0 Å². The summed E-state index contributed by atoms with van der Waals surface area (Å²) in [6.45, 7) is 3.04. The predicted octanol–water partition coefficient (Wildman–Crippen LogP) is 0.663. The van der Waals surface area contributed by atoms with Crippen molar-refractivity contribution in [3.8, 4) is 0 Å². The first-order valence-electron chi connectivity index (χ1n) is 4.04. The van der Waals surface area contributed by atoms with Gasteiger partial charge in [0.05, 0.1) is 11.9 Å². The summed E-state index contributed by atoms with van der Waals surface area (Å²) in [5, 5.41) is 2.46. The number of benzene rings is 1. The number of hydrogen-bond acceptors (Lipinski definition) is 1. The van der Waals surface area contributed by atoms with Gasteiger partial charge in [0.15, 0.2) is 0 Å². The highest BCUT2D eigenvalue weighted by atomic mass is 14.7. The molecule has 0 atom stereocenters. The standard InChI is InChI=1S/C10H11N/c1-2-8-3-4-10-9(7-8)5-6-11-10/h3-5,7H,2,6H2,1H3. The highest BCUT2D eigenvalue weighted by Crippen LogP contribution is 1.93. The zero-order chi connectivity index (χ0) is 7.68. The summed E-state index contributed by atoms with van der Waals surface area (Å²) in [7, 11) is 0. The van der Waals surface area contributed by atoms with Crippen molar-refractivity contribution in [2.24, 2.45) is 4.99 Å². The third-order valence-corrected chi connectivity index (χ3v) is 2.07. The molecule has 0 aliphatic carbocycles. The monoisotopic (exact) mass is 145 g/mol. The van der Waals surface area contributed by atoms with Crippen molar-refractivity contribution in [2.75, 3.05) is 6.54 Å². The van der Waals surface area contributed by atoms with Crippen LogP contribution in [0.25, 0.3) is 6.08 Å². The zero-order valence-electron chi connectivity index (χ0n) is 6.67. The molecular formula is C10H11N. The van der Waals surface area contributed by atoms with E-state index in [0.717, 1.165) is 18.3 Å². The fraction of sp³-hybridized carbons (Fsp3) is 0.300. The lowest BCUT2D eigenvalue weighted by Gasteiger charge is -1.92. The molecule has 1 aliphatic heterocycles. The maximum absolute atomic E-state index is 4.32. The van der Waals surface area contributed by atoms with Crippen molar-refractivity contribution in [3.05, 3.63) is 34.3 Å². The van der Waals surface area contributed by atoms with Gasteiger partial charge in [-0.2, -0.15) is 0 Å². The second-order valence-corrected chi connectivity index (χ2v) is 2.79. The maximum atomic E-state index is 4.32. The highest BCUT2D eigenvalue weighted by Gasteiger charge is 1.94. The summed E-state index contributed by atoms with van der Waals surface area (Å²) in [6, 6.07) is 6.49. The van der Waals surface area contributed by atoms with Gasteiger partial charge in [-0.1, -0.05) is 19.1 Å². The molecular weight excluding hydrogens is 134 g/mol. The minimum Gasteiger partial charge on any atom is -0.281 e. The Kier molecular flexibility index (Phi) is 1.50. The number of aryl methyl sites for hydroxylation is 1. The van der Waals surface area contributed by atoms with Crippen LogP contribution in [0.5, 0.6) is 0 Å². The fourth-order valence-corrected chi connectivity index (χ4v) is 1.37. The average molecular weight is 145 g/mol. The van der Waals surface area contributed by atoms with Crippen LogP contribution in [-0.4, -0.2) is 6.54 Å². The van der Waals surface area contributed by atoms with Crippen LogP contribution in [0.4, 0.5) is 0 Å². The van der Waals surface area contributed by atoms with Crippen LogP contribution in [0.2, 0.25) is 0 Å². The van der Waals surface area contributed by atoms with Crippen molar-refractivity contribution < 1.29 is 0 Å². The van der Waals surface area contributed by atoms with E-state index in [4.69, 9.17) is 0 Å². The van der Waals surface area contributed by atoms with E-state index in [1.807, 2.05) is 0 Å². The maximum Gasteiger partial charge on any atom is 0.0648 e. The number of rotatable bonds is 1. The molecule has 0 saturated carbocycles. The summed E-state index contributed by atoms with van der Waals surface area (Å²) in [4.78, 5) is 4.32. The average Bonchev–Trinajstić information content (AvgIpc) is 2.50. The van der Waals surface area contributed by atoms with Crippen LogP contribution >= 0.6 is 0 Å². The topological polar surface area (TPSA) is 12.4 Å². The summed E-state index contributed by atoms with van der Waals surface area (Å²) in [6.07, 6.45) is 3.29. The molecule has 2 rings (SSSR count). The van der Waals surface area contributed by atoms with E-state index >= 15 is 0 Å². The van der Waals surface area contributed by atoms with Crippen LogP contribution in [0.15, 0.2) is 23.2 Å². The SMILES string of the molecule is CCc1ccc2c(c1)=CCN=2. The van der Waals surface area contributed by atoms with E-state index in [0.29, 0.717) is 0 Å².